The smallest absolute Gasteiger partial charge is 0.374 e. The molecule has 2 N–H and O–H groups in total. The summed E-state index contributed by atoms with van der Waals surface area (Å²) in [5.41, 5.74) is -0.377. The summed E-state index contributed by atoms with van der Waals surface area (Å²) in [7, 11) is 1.16. The van der Waals surface area contributed by atoms with E-state index in [1.807, 2.05) is 0 Å². The SMILES string of the molecule is CCc1c(O)nc(C(=O)OC)[nH]c1=O. The molecule has 0 unspecified atom stereocenters. The Morgan fingerprint density at radius 1 is 1.64 bits per heavy atom. The van der Waals surface area contributed by atoms with Gasteiger partial charge >= 0.3 is 5.97 Å². The maximum Gasteiger partial charge on any atom is 0.374 e. The molecule has 76 valence electrons. The summed E-state index contributed by atoms with van der Waals surface area (Å²) in [6, 6.07) is 0. The zero-order valence-electron chi connectivity index (χ0n) is 7.83. The van der Waals surface area contributed by atoms with Crippen LogP contribution in [0.15, 0.2) is 4.79 Å². The monoisotopic (exact) mass is 198 g/mol. The molecule has 0 amide bonds. The average molecular weight is 198 g/mol. The van der Waals surface area contributed by atoms with Gasteiger partial charge in [-0.15, -0.1) is 0 Å². The van der Waals surface area contributed by atoms with Crippen LogP contribution in [0.3, 0.4) is 0 Å². The first kappa shape index (κ1) is 10.2. The highest BCUT2D eigenvalue weighted by Gasteiger charge is 2.14. The molecule has 1 heterocycles. The normalized spacial score (nSPS) is 9.86. The molecule has 6 nitrogen and oxygen atoms in total. The van der Waals surface area contributed by atoms with Gasteiger partial charge in [0.2, 0.25) is 11.7 Å². The Hall–Kier alpha value is -1.85. The second kappa shape index (κ2) is 3.91. The van der Waals surface area contributed by atoms with Crippen LogP contribution in [0.2, 0.25) is 0 Å². The minimum absolute atomic E-state index is 0.151. The number of hydrogen-bond donors (Lipinski definition) is 2. The molecule has 14 heavy (non-hydrogen) atoms. The molecule has 0 radical (unpaired) electrons. The van der Waals surface area contributed by atoms with Crippen molar-refractivity contribution in [1.82, 2.24) is 9.97 Å². The van der Waals surface area contributed by atoms with Gasteiger partial charge in [0.05, 0.1) is 12.7 Å². The van der Waals surface area contributed by atoms with Crippen molar-refractivity contribution >= 4 is 5.97 Å². The average Bonchev–Trinajstić information content (AvgIpc) is 2.16. The molecular weight excluding hydrogens is 188 g/mol. The lowest BCUT2D eigenvalue weighted by Crippen LogP contribution is -2.19. The molecule has 1 aromatic rings. The zero-order chi connectivity index (χ0) is 10.7. The Morgan fingerprint density at radius 2 is 2.29 bits per heavy atom. The van der Waals surface area contributed by atoms with Gasteiger partial charge in [-0.1, -0.05) is 6.92 Å². The number of aromatic amines is 1. The largest absolute Gasteiger partial charge is 0.493 e. The van der Waals surface area contributed by atoms with Gasteiger partial charge in [0, 0.05) is 0 Å². The molecule has 6 heteroatoms. The van der Waals surface area contributed by atoms with E-state index in [4.69, 9.17) is 0 Å². The molecule has 1 rings (SSSR count). The van der Waals surface area contributed by atoms with Crippen molar-refractivity contribution in [2.45, 2.75) is 13.3 Å². The van der Waals surface area contributed by atoms with E-state index in [0.29, 0.717) is 6.42 Å². The standard InChI is InChI=1S/C8H10N2O4/c1-3-4-6(11)9-5(8(13)14-2)10-7(4)12/h3H2,1-2H3,(H2,9,10,11,12). The highest BCUT2D eigenvalue weighted by atomic mass is 16.5. The molecule has 0 bridgehead atoms. The minimum Gasteiger partial charge on any atom is -0.493 e. The van der Waals surface area contributed by atoms with Crippen LogP contribution in [0.5, 0.6) is 5.88 Å². The van der Waals surface area contributed by atoms with E-state index < -0.39 is 17.4 Å². The maximum absolute atomic E-state index is 11.2. The fraction of sp³-hybridized carbons (Fsp3) is 0.375. The van der Waals surface area contributed by atoms with Gasteiger partial charge in [-0.25, -0.2) is 4.79 Å². The van der Waals surface area contributed by atoms with Crippen LogP contribution >= 0.6 is 0 Å². The topological polar surface area (TPSA) is 92.3 Å². The zero-order valence-corrected chi connectivity index (χ0v) is 7.83. The summed E-state index contributed by atoms with van der Waals surface area (Å²) in [5.74, 6) is -1.52. The number of methoxy groups -OCH3 is 1. The number of aromatic hydroxyl groups is 1. The van der Waals surface area contributed by atoms with Crippen LogP contribution in [-0.4, -0.2) is 28.2 Å². The fourth-order valence-corrected chi connectivity index (χ4v) is 0.998. The summed E-state index contributed by atoms with van der Waals surface area (Å²) in [6.07, 6.45) is 0.343. The van der Waals surface area contributed by atoms with Crippen LogP contribution in [0.4, 0.5) is 0 Å². The van der Waals surface area contributed by atoms with Gasteiger partial charge < -0.3 is 14.8 Å². The van der Waals surface area contributed by atoms with Crippen LogP contribution in [-0.2, 0) is 11.2 Å². The number of carbonyl (C=O) groups is 1. The van der Waals surface area contributed by atoms with Crippen molar-refractivity contribution in [3.63, 3.8) is 0 Å². The van der Waals surface area contributed by atoms with E-state index in [1.165, 1.54) is 0 Å². The molecule has 0 saturated heterocycles. The predicted molar refractivity (Wildman–Crippen MR) is 47.2 cm³/mol. The van der Waals surface area contributed by atoms with Gasteiger partial charge in [0.25, 0.3) is 5.56 Å². The highest BCUT2D eigenvalue weighted by molar-refractivity contribution is 5.85. The minimum atomic E-state index is -0.792. The Kier molecular flexibility index (Phi) is 2.85. The summed E-state index contributed by atoms with van der Waals surface area (Å²) in [5, 5.41) is 9.28. The number of ether oxygens (including phenoxy) is 1. The number of hydrogen-bond acceptors (Lipinski definition) is 5. The molecule has 0 fully saturated rings. The van der Waals surface area contributed by atoms with E-state index in [1.54, 1.807) is 6.92 Å². The van der Waals surface area contributed by atoms with Crippen molar-refractivity contribution in [2.75, 3.05) is 7.11 Å². The highest BCUT2D eigenvalue weighted by Crippen LogP contribution is 2.08. The van der Waals surface area contributed by atoms with Gasteiger partial charge in [0.1, 0.15) is 0 Å². The van der Waals surface area contributed by atoms with Crippen molar-refractivity contribution < 1.29 is 14.6 Å². The molecule has 0 aliphatic heterocycles. The number of nitrogens with zero attached hydrogens (tertiary/aromatic N) is 1. The summed E-state index contributed by atoms with van der Waals surface area (Å²) < 4.78 is 4.34. The maximum atomic E-state index is 11.2. The first-order valence-corrected chi connectivity index (χ1v) is 4.00. The second-order valence-corrected chi connectivity index (χ2v) is 2.56. The van der Waals surface area contributed by atoms with Crippen LogP contribution in [0.1, 0.15) is 23.1 Å². The molecular formula is C8H10N2O4. The van der Waals surface area contributed by atoms with E-state index in [9.17, 15) is 14.7 Å². The Morgan fingerprint density at radius 3 is 2.71 bits per heavy atom. The predicted octanol–water partition coefficient (Wildman–Crippen LogP) is -0.175. The third-order valence-corrected chi connectivity index (χ3v) is 1.73. The quantitative estimate of drug-likeness (QED) is 0.643. The van der Waals surface area contributed by atoms with E-state index in [2.05, 4.69) is 14.7 Å². The van der Waals surface area contributed by atoms with E-state index in [-0.39, 0.29) is 11.4 Å². The van der Waals surface area contributed by atoms with Gasteiger partial charge in [-0.05, 0) is 6.42 Å². The van der Waals surface area contributed by atoms with Crippen LogP contribution < -0.4 is 5.56 Å². The van der Waals surface area contributed by atoms with Crippen molar-refractivity contribution in [3.8, 4) is 5.88 Å². The van der Waals surface area contributed by atoms with E-state index in [0.717, 1.165) is 7.11 Å². The molecule has 0 aliphatic rings. The Labute approximate surface area is 79.6 Å². The summed E-state index contributed by atoms with van der Waals surface area (Å²) in [4.78, 5) is 27.9. The number of nitrogens with one attached hydrogen (secondary N) is 1. The number of H-pyrrole nitrogens is 1. The van der Waals surface area contributed by atoms with Crippen molar-refractivity contribution in [2.24, 2.45) is 0 Å². The van der Waals surface area contributed by atoms with Gasteiger partial charge in [-0.3, -0.25) is 4.79 Å². The lowest BCUT2D eigenvalue weighted by Gasteiger charge is -2.01. The molecule has 0 aromatic carbocycles. The van der Waals surface area contributed by atoms with Gasteiger partial charge in [0.15, 0.2) is 0 Å². The lowest BCUT2D eigenvalue weighted by atomic mass is 10.2. The fourth-order valence-electron chi connectivity index (χ4n) is 0.998. The lowest BCUT2D eigenvalue weighted by molar-refractivity contribution is 0.0585. The van der Waals surface area contributed by atoms with Gasteiger partial charge in [-0.2, -0.15) is 4.98 Å². The van der Waals surface area contributed by atoms with Crippen molar-refractivity contribution in [1.29, 1.82) is 0 Å². The second-order valence-electron chi connectivity index (χ2n) is 2.56. The molecule has 0 spiro atoms. The van der Waals surface area contributed by atoms with Crippen LogP contribution in [0.25, 0.3) is 0 Å². The third kappa shape index (κ3) is 1.73. The van der Waals surface area contributed by atoms with Crippen molar-refractivity contribution in [3.05, 3.63) is 21.7 Å². The summed E-state index contributed by atoms with van der Waals surface area (Å²) >= 11 is 0. The Bertz CT molecular complexity index is 410. The first-order chi connectivity index (χ1) is 6.60. The number of aromatic nitrogens is 2. The van der Waals surface area contributed by atoms with Crippen LogP contribution in [0, 0.1) is 0 Å². The molecule has 0 atom stereocenters. The summed E-state index contributed by atoms with van der Waals surface area (Å²) in [6.45, 7) is 1.70. The number of esters is 1. The number of rotatable bonds is 2. The first-order valence-electron chi connectivity index (χ1n) is 4.00. The molecule has 0 aliphatic carbocycles. The Balaban J connectivity index is 3.28. The molecule has 0 saturated carbocycles. The molecule has 1 aromatic heterocycles. The third-order valence-electron chi connectivity index (χ3n) is 1.73. The number of carbonyl (C=O) groups excluding carboxylic acids is 1. The van der Waals surface area contributed by atoms with E-state index >= 15 is 0 Å².